The predicted octanol–water partition coefficient (Wildman–Crippen LogP) is 5.15. The first-order chi connectivity index (χ1) is 24.4. The molecule has 0 saturated carbocycles. The maximum Gasteiger partial charge on any atom is 0.330 e. The monoisotopic (exact) mass is 731 g/mol. The molecule has 278 valence electrons. The molecule has 0 radical (unpaired) electrons. The normalized spacial score (nSPS) is 21.5. The van der Waals surface area contributed by atoms with E-state index in [1.165, 1.54) is 13.1 Å². The molecule has 0 aliphatic carbocycles. The highest BCUT2D eigenvalue weighted by molar-refractivity contribution is 6.83. The van der Waals surface area contributed by atoms with Crippen molar-refractivity contribution >= 4 is 8.07 Å². The van der Waals surface area contributed by atoms with Crippen molar-refractivity contribution in [1.29, 1.82) is 0 Å². The van der Waals surface area contributed by atoms with Crippen LogP contribution in [0.5, 0.6) is 11.5 Å². The number of benzene rings is 3. The van der Waals surface area contributed by atoms with Crippen molar-refractivity contribution in [3.8, 4) is 11.5 Å². The molecule has 1 fully saturated rings. The molecule has 12 nitrogen and oxygen atoms in total. The number of aliphatic hydroxyl groups is 2. The molecule has 2 heterocycles. The number of hydrogen-bond donors (Lipinski definition) is 3. The first-order valence-corrected chi connectivity index (χ1v) is 20.3. The zero-order valence-electron chi connectivity index (χ0n) is 31.0. The summed E-state index contributed by atoms with van der Waals surface area (Å²) >= 11 is 0. The molecular weight excluding hydrogens is 683 g/mol. The standard InChI is InChI=1S/C39H49N3O9Si/c1-26-24-41(35(45)40-34(26)44)37(22-23-42(47)48)25-38(46,52(7,8)36(2,3)4)33(51-37)32(43)39(27-12-10-9-11-13-27,28-14-18-30(49-5)19-15-28)29-16-20-31(50-6)21-17-29/h9-21,24,32-33,43,46H,22-23,25H2,1-8H3,(H,40,44,45)/t32?,33-,37-,38-/m1/s1. The van der Waals surface area contributed by atoms with Gasteiger partial charge in [-0.3, -0.25) is 24.5 Å². The van der Waals surface area contributed by atoms with E-state index in [2.05, 4.69) is 4.98 Å². The molecule has 1 aliphatic rings. The summed E-state index contributed by atoms with van der Waals surface area (Å²) in [5, 5.41) is 36.6. The van der Waals surface area contributed by atoms with E-state index in [0.717, 1.165) is 4.57 Å². The summed E-state index contributed by atoms with van der Waals surface area (Å²) in [5.74, 6) is 1.19. The van der Waals surface area contributed by atoms with Crippen LogP contribution < -0.4 is 20.7 Å². The minimum atomic E-state index is -3.08. The summed E-state index contributed by atoms with van der Waals surface area (Å²) < 4.78 is 19.2. The second kappa shape index (κ2) is 14.1. The number of ether oxygens (including phenoxy) is 3. The quantitative estimate of drug-likeness (QED) is 0.0774. The minimum absolute atomic E-state index is 0.179. The highest BCUT2D eigenvalue weighted by Crippen LogP contribution is 2.57. The number of nitrogens with one attached hydrogen (secondary N) is 1. The number of hydrogen-bond acceptors (Lipinski definition) is 9. The van der Waals surface area contributed by atoms with Gasteiger partial charge in [-0.05, 0) is 52.9 Å². The van der Waals surface area contributed by atoms with E-state index in [1.54, 1.807) is 38.5 Å². The van der Waals surface area contributed by atoms with Crippen LogP contribution in [-0.2, 0) is 15.9 Å². The summed E-state index contributed by atoms with van der Waals surface area (Å²) in [7, 11) is 0.0485. The van der Waals surface area contributed by atoms with Gasteiger partial charge in [-0.1, -0.05) is 88.5 Å². The first-order valence-electron chi connectivity index (χ1n) is 17.3. The molecule has 4 atom stereocenters. The van der Waals surface area contributed by atoms with Crippen LogP contribution in [0.15, 0.2) is 94.6 Å². The zero-order valence-corrected chi connectivity index (χ0v) is 32.0. The van der Waals surface area contributed by atoms with Gasteiger partial charge in [0.15, 0.2) is 5.72 Å². The third-order valence-electron chi connectivity index (χ3n) is 11.6. The van der Waals surface area contributed by atoms with E-state index in [4.69, 9.17) is 14.2 Å². The van der Waals surface area contributed by atoms with Crippen molar-refractivity contribution in [2.75, 3.05) is 20.8 Å². The molecule has 0 spiro atoms. The van der Waals surface area contributed by atoms with Gasteiger partial charge >= 0.3 is 5.69 Å². The summed E-state index contributed by atoms with van der Waals surface area (Å²) in [4.78, 5) is 40.0. The molecule has 0 amide bonds. The van der Waals surface area contributed by atoms with Gasteiger partial charge in [0.2, 0.25) is 6.54 Å². The van der Waals surface area contributed by atoms with Crippen LogP contribution in [0.3, 0.4) is 0 Å². The van der Waals surface area contributed by atoms with Crippen LogP contribution in [0.25, 0.3) is 0 Å². The van der Waals surface area contributed by atoms with E-state index in [1.807, 2.05) is 88.5 Å². The molecule has 3 N–H and O–H groups in total. The Morgan fingerprint density at radius 1 is 0.962 bits per heavy atom. The fraction of sp³-hybridized carbons (Fsp3) is 0.436. The molecule has 52 heavy (non-hydrogen) atoms. The number of aromatic amines is 1. The Labute approximate surface area is 304 Å². The lowest BCUT2D eigenvalue weighted by atomic mass is 9.64. The van der Waals surface area contributed by atoms with Gasteiger partial charge in [0, 0.05) is 23.1 Å². The third-order valence-corrected chi connectivity index (χ3v) is 18.0. The van der Waals surface area contributed by atoms with Crippen molar-refractivity contribution in [2.45, 2.75) is 87.2 Å². The van der Waals surface area contributed by atoms with Crippen LogP contribution in [0.4, 0.5) is 0 Å². The largest absolute Gasteiger partial charge is 0.497 e. The fourth-order valence-corrected chi connectivity index (χ4v) is 10.6. The molecule has 1 saturated heterocycles. The Bertz CT molecular complexity index is 1960. The molecule has 0 bridgehead atoms. The number of nitro groups is 1. The van der Waals surface area contributed by atoms with Gasteiger partial charge in [-0.2, -0.15) is 0 Å². The fourth-order valence-electron chi connectivity index (χ4n) is 7.64. The number of rotatable bonds is 12. The van der Waals surface area contributed by atoms with E-state index < -0.39 is 64.4 Å². The number of aliphatic hydroxyl groups excluding tert-OH is 1. The zero-order chi connectivity index (χ0) is 38.3. The van der Waals surface area contributed by atoms with Gasteiger partial charge < -0.3 is 24.4 Å². The van der Waals surface area contributed by atoms with Crippen LogP contribution >= 0.6 is 0 Å². The van der Waals surface area contributed by atoms with Gasteiger partial charge in [0.05, 0.1) is 39.4 Å². The topological polar surface area (TPSA) is 166 Å². The minimum Gasteiger partial charge on any atom is -0.497 e. The number of aryl methyl sites for hydroxylation is 1. The third kappa shape index (κ3) is 6.40. The number of nitrogens with zero attached hydrogens (tertiary/aromatic N) is 2. The Morgan fingerprint density at radius 3 is 1.92 bits per heavy atom. The average Bonchev–Trinajstić information content (AvgIpc) is 3.44. The second-order valence-corrected chi connectivity index (χ2v) is 20.9. The molecule has 4 aromatic rings. The Kier molecular flexibility index (Phi) is 10.5. The van der Waals surface area contributed by atoms with Gasteiger partial charge in [0.1, 0.15) is 23.7 Å². The Hall–Kier alpha value is -4.56. The molecule has 1 aliphatic heterocycles. The summed E-state index contributed by atoms with van der Waals surface area (Å²) in [6, 6.07) is 24.0. The van der Waals surface area contributed by atoms with Crippen LogP contribution in [-0.4, -0.2) is 71.0 Å². The van der Waals surface area contributed by atoms with Crippen molar-refractivity contribution in [1.82, 2.24) is 9.55 Å². The Morgan fingerprint density at radius 2 is 1.46 bits per heavy atom. The SMILES string of the molecule is COc1ccc(C(c2ccccc2)(c2ccc(OC)cc2)C(O)[C@H]2O[C@@](CC[N+](=O)[O-])(n3cc(C)c(=O)[nH]c3=O)C[C@@]2(O)[Si](C)(C)C(C)(C)C)cc1. The summed E-state index contributed by atoms with van der Waals surface area (Å²) in [6.45, 7) is 11.0. The van der Waals surface area contributed by atoms with E-state index in [9.17, 15) is 29.9 Å². The second-order valence-electron chi connectivity index (χ2n) is 15.3. The highest BCUT2D eigenvalue weighted by Gasteiger charge is 2.69. The number of H-pyrrole nitrogens is 1. The maximum absolute atomic E-state index is 13.6. The van der Waals surface area contributed by atoms with Crippen LogP contribution in [0, 0.1) is 17.0 Å². The van der Waals surface area contributed by atoms with Crippen molar-refractivity contribution in [3.05, 3.63) is 138 Å². The molecule has 3 aromatic carbocycles. The lowest BCUT2D eigenvalue weighted by Gasteiger charge is -2.52. The summed E-state index contributed by atoms with van der Waals surface area (Å²) in [6.07, 6.45) is -2.24. The molecule has 1 aromatic heterocycles. The lowest BCUT2D eigenvalue weighted by molar-refractivity contribution is -0.485. The molecular formula is C39H49N3O9Si. The maximum atomic E-state index is 13.6. The lowest BCUT2D eigenvalue weighted by Crippen LogP contribution is -2.68. The number of aromatic nitrogens is 2. The highest BCUT2D eigenvalue weighted by atomic mass is 28.3. The summed E-state index contributed by atoms with van der Waals surface area (Å²) in [5.41, 5.74) is -2.54. The predicted molar refractivity (Wildman–Crippen MR) is 200 cm³/mol. The van der Waals surface area contributed by atoms with Crippen LogP contribution in [0.2, 0.25) is 18.1 Å². The number of methoxy groups -OCH3 is 2. The van der Waals surface area contributed by atoms with Crippen molar-refractivity contribution in [3.63, 3.8) is 0 Å². The Balaban J connectivity index is 1.90. The first kappa shape index (κ1) is 38.7. The van der Waals surface area contributed by atoms with Gasteiger partial charge in [0.25, 0.3) is 5.56 Å². The van der Waals surface area contributed by atoms with Crippen molar-refractivity contribution < 1.29 is 29.3 Å². The van der Waals surface area contributed by atoms with E-state index in [-0.39, 0.29) is 18.4 Å². The molecule has 5 rings (SSSR count). The van der Waals surface area contributed by atoms with E-state index >= 15 is 0 Å². The molecule has 13 heteroatoms. The smallest absolute Gasteiger partial charge is 0.330 e. The van der Waals surface area contributed by atoms with Gasteiger partial charge in [-0.25, -0.2) is 4.79 Å². The van der Waals surface area contributed by atoms with Gasteiger partial charge in [-0.15, -0.1) is 0 Å². The molecule has 1 unspecified atom stereocenters. The van der Waals surface area contributed by atoms with Crippen molar-refractivity contribution in [2.24, 2.45) is 0 Å². The van der Waals surface area contributed by atoms with E-state index in [0.29, 0.717) is 28.2 Å². The van der Waals surface area contributed by atoms with Crippen LogP contribution in [0.1, 0.15) is 55.9 Å². The average molecular weight is 732 g/mol.